The van der Waals surface area contributed by atoms with Crippen LogP contribution in [0.25, 0.3) is 10.6 Å². The number of alkyl halides is 3. The number of aliphatic hydroxyl groups is 2. The lowest BCUT2D eigenvalue weighted by Crippen LogP contribution is -2.36. The van der Waals surface area contributed by atoms with Gasteiger partial charge in [-0.25, -0.2) is 4.98 Å². The lowest BCUT2D eigenvalue weighted by atomic mass is 10.1. The molecule has 2 N–H and O–H groups in total. The summed E-state index contributed by atoms with van der Waals surface area (Å²) >= 11 is 1.37. The van der Waals surface area contributed by atoms with E-state index in [4.69, 9.17) is 0 Å². The highest BCUT2D eigenvalue weighted by atomic mass is 32.1. The van der Waals surface area contributed by atoms with E-state index in [2.05, 4.69) is 4.98 Å². The number of aromatic nitrogens is 1. The summed E-state index contributed by atoms with van der Waals surface area (Å²) < 4.78 is 37.8. The third kappa shape index (κ3) is 3.77. The normalized spacial score (nSPS) is 22.2. The molecule has 0 saturated carbocycles. The van der Waals surface area contributed by atoms with Crippen molar-refractivity contribution >= 4 is 11.3 Å². The van der Waals surface area contributed by atoms with Crippen LogP contribution in [0.1, 0.15) is 17.7 Å². The fraction of sp³-hybridized carbons (Fsp3) is 0.438. The first-order valence-electron chi connectivity index (χ1n) is 7.47. The Morgan fingerprint density at radius 1 is 1.25 bits per heavy atom. The molecule has 24 heavy (non-hydrogen) atoms. The molecule has 0 bridgehead atoms. The summed E-state index contributed by atoms with van der Waals surface area (Å²) in [7, 11) is 0. The Morgan fingerprint density at radius 3 is 2.54 bits per heavy atom. The summed E-state index contributed by atoms with van der Waals surface area (Å²) in [4.78, 5) is 6.46. The zero-order chi connectivity index (χ0) is 17.4. The molecule has 2 aromatic rings. The molecule has 0 aliphatic carbocycles. The van der Waals surface area contributed by atoms with E-state index >= 15 is 0 Å². The Kier molecular flexibility index (Phi) is 4.65. The maximum Gasteiger partial charge on any atom is 0.416 e. The van der Waals surface area contributed by atoms with Gasteiger partial charge < -0.3 is 10.2 Å². The smallest absolute Gasteiger partial charge is 0.393 e. The van der Waals surface area contributed by atoms with E-state index in [1.54, 1.807) is 0 Å². The Morgan fingerprint density at radius 2 is 1.96 bits per heavy atom. The van der Waals surface area contributed by atoms with Gasteiger partial charge in [-0.1, -0.05) is 12.1 Å². The minimum Gasteiger partial charge on any atom is -0.393 e. The molecular formula is C16H17F3N2O2S. The summed E-state index contributed by atoms with van der Waals surface area (Å²) in [5, 5.41) is 21.7. The number of halogens is 3. The fourth-order valence-electron chi connectivity index (χ4n) is 2.75. The molecule has 8 heteroatoms. The van der Waals surface area contributed by atoms with Crippen molar-refractivity contribution in [3.8, 4) is 10.6 Å². The average molecular weight is 358 g/mol. The topological polar surface area (TPSA) is 56.6 Å². The van der Waals surface area contributed by atoms with Gasteiger partial charge in [0.05, 0.1) is 17.9 Å². The van der Waals surface area contributed by atoms with E-state index in [0.717, 1.165) is 17.8 Å². The molecule has 0 radical (unpaired) electrons. The van der Waals surface area contributed by atoms with Gasteiger partial charge in [0.25, 0.3) is 0 Å². The maximum atomic E-state index is 12.6. The molecule has 1 aliphatic rings. The third-order valence-electron chi connectivity index (χ3n) is 4.10. The molecule has 1 aliphatic heterocycles. The monoisotopic (exact) mass is 358 g/mol. The first-order chi connectivity index (χ1) is 11.3. The molecule has 2 heterocycles. The number of nitrogens with zero attached hydrogens (tertiary/aromatic N) is 2. The molecule has 1 saturated heterocycles. The highest BCUT2D eigenvalue weighted by Gasteiger charge is 2.35. The third-order valence-corrected chi connectivity index (χ3v) is 5.04. The van der Waals surface area contributed by atoms with Crippen molar-refractivity contribution in [2.75, 3.05) is 19.7 Å². The van der Waals surface area contributed by atoms with Gasteiger partial charge >= 0.3 is 6.18 Å². The Balaban J connectivity index is 1.68. The molecule has 3 rings (SSSR count). The van der Waals surface area contributed by atoms with Crippen molar-refractivity contribution in [2.45, 2.75) is 24.7 Å². The second-order valence-corrected chi connectivity index (χ2v) is 6.92. The van der Waals surface area contributed by atoms with Crippen molar-refractivity contribution in [2.24, 2.45) is 0 Å². The predicted octanol–water partition coefficient (Wildman–Crippen LogP) is 2.76. The molecule has 1 atom stereocenters. The number of thiazole rings is 1. The number of hydrogen-bond acceptors (Lipinski definition) is 5. The standard InChI is InChI=1S/C16H17F3N2O2S/c17-16(18,19)12-3-1-11(2-4-12)14-20-13(8-24-14)7-21-6-5-15(23,9-21)10-22/h1-4,8,22-23H,5-7,9-10H2. The highest BCUT2D eigenvalue weighted by molar-refractivity contribution is 7.13. The van der Waals surface area contributed by atoms with Crippen LogP contribution in [0.3, 0.4) is 0 Å². The molecule has 1 aromatic heterocycles. The van der Waals surface area contributed by atoms with Crippen LogP contribution in [-0.4, -0.2) is 45.4 Å². The molecule has 130 valence electrons. The van der Waals surface area contributed by atoms with Gasteiger partial charge in [0, 0.05) is 30.6 Å². The van der Waals surface area contributed by atoms with Crippen LogP contribution < -0.4 is 0 Å². The number of hydrogen-bond donors (Lipinski definition) is 2. The quantitative estimate of drug-likeness (QED) is 0.883. The van der Waals surface area contributed by atoms with Crippen molar-refractivity contribution in [3.05, 3.63) is 40.9 Å². The zero-order valence-electron chi connectivity index (χ0n) is 12.8. The number of likely N-dealkylation sites (tertiary alicyclic amines) is 1. The van der Waals surface area contributed by atoms with Crippen LogP contribution >= 0.6 is 11.3 Å². The average Bonchev–Trinajstić information content (AvgIpc) is 3.15. The van der Waals surface area contributed by atoms with Crippen LogP contribution in [-0.2, 0) is 12.7 Å². The van der Waals surface area contributed by atoms with E-state index in [1.165, 1.54) is 23.5 Å². The molecule has 4 nitrogen and oxygen atoms in total. The van der Waals surface area contributed by atoms with Gasteiger partial charge in [0.2, 0.25) is 0 Å². The SMILES string of the molecule is OCC1(O)CCN(Cc2csc(-c3ccc(C(F)(F)F)cc3)n2)C1. The number of β-amino-alcohol motifs (C(OH)–C–C–N with tert-alkyl or cyclic N) is 1. The lowest BCUT2D eigenvalue weighted by molar-refractivity contribution is -0.137. The largest absolute Gasteiger partial charge is 0.416 e. The van der Waals surface area contributed by atoms with E-state index in [0.29, 0.717) is 36.6 Å². The van der Waals surface area contributed by atoms with Crippen LogP contribution in [0.4, 0.5) is 13.2 Å². The summed E-state index contributed by atoms with van der Waals surface area (Å²) in [6, 6.07) is 4.95. The van der Waals surface area contributed by atoms with Crippen LogP contribution in [0.15, 0.2) is 29.6 Å². The summed E-state index contributed by atoms with van der Waals surface area (Å²) in [5.41, 5.74) is -0.278. The van der Waals surface area contributed by atoms with Gasteiger partial charge in [-0.15, -0.1) is 11.3 Å². The van der Waals surface area contributed by atoms with E-state index < -0.39 is 17.3 Å². The van der Waals surface area contributed by atoms with Crippen molar-refractivity contribution < 1.29 is 23.4 Å². The molecule has 1 unspecified atom stereocenters. The minimum atomic E-state index is -4.34. The Labute approximate surface area is 141 Å². The summed E-state index contributed by atoms with van der Waals surface area (Å²) in [5.74, 6) is 0. The van der Waals surface area contributed by atoms with Crippen LogP contribution in [0, 0.1) is 0 Å². The van der Waals surface area contributed by atoms with Crippen molar-refractivity contribution in [1.82, 2.24) is 9.88 Å². The number of aliphatic hydroxyl groups excluding tert-OH is 1. The van der Waals surface area contributed by atoms with Crippen LogP contribution in [0.2, 0.25) is 0 Å². The second kappa shape index (κ2) is 6.44. The van der Waals surface area contributed by atoms with E-state index in [1.807, 2.05) is 10.3 Å². The number of rotatable bonds is 4. The molecular weight excluding hydrogens is 341 g/mol. The predicted molar refractivity (Wildman–Crippen MR) is 84.5 cm³/mol. The van der Waals surface area contributed by atoms with Crippen molar-refractivity contribution in [3.63, 3.8) is 0 Å². The lowest BCUT2D eigenvalue weighted by Gasteiger charge is -2.20. The van der Waals surface area contributed by atoms with Gasteiger partial charge in [-0.05, 0) is 18.6 Å². The number of benzene rings is 1. The van der Waals surface area contributed by atoms with Gasteiger partial charge in [-0.3, -0.25) is 4.90 Å². The van der Waals surface area contributed by atoms with E-state index in [-0.39, 0.29) is 6.61 Å². The molecule has 1 fully saturated rings. The van der Waals surface area contributed by atoms with Crippen molar-refractivity contribution in [1.29, 1.82) is 0 Å². The zero-order valence-corrected chi connectivity index (χ0v) is 13.6. The first kappa shape index (κ1) is 17.3. The van der Waals surface area contributed by atoms with Gasteiger partial charge in [0.1, 0.15) is 10.6 Å². The minimum absolute atomic E-state index is 0.266. The Hall–Kier alpha value is -1.48. The summed E-state index contributed by atoms with van der Waals surface area (Å²) in [6.07, 6.45) is -3.83. The highest BCUT2D eigenvalue weighted by Crippen LogP contribution is 2.32. The molecule has 1 aromatic carbocycles. The Bertz CT molecular complexity index is 702. The first-order valence-corrected chi connectivity index (χ1v) is 8.35. The van der Waals surface area contributed by atoms with Gasteiger partial charge in [0.15, 0.2) is 0 Å². The maximum absolute atomic E-state index is 12.6. The summed E-state index contributed by atoms with van der Waals surface area (Å²) in [6.45, 7) is 1.33. The van der Waals surface area contributed by atoms with Crippen LogP contribution in [0.5, 0.6) is 0 Å². The molecule has 0 amide bonds. The van der Waals surface area contributed by atoms with Gasteiger partial charge in [-0.2, -0.15) is 13.2 Å². The molecule has 0 spiro atoms. The van der Waals surface area contributed by atoms with E-state index in [9.17, 15) is 23.4 Å². The fourth-order valence-corrected chi connectivity index (χ4v) is 3.56. The second-order valence-electron chi connectivity index (χ2n) is 6.06.